The summed E-state index contributed by atoms with van der Waals surface area (Å²) in [6, 6.07) is 27.0. The quantitative estimate of drug-likeness (QED) is 0.114. The molecule has 0 radical (unpaired) electrons. The van der Waals surface area contributed by atoms with Crippen molar-refractivity contribution in [3.63, 3.8) is 0 Å². The molecule has 1 atom stereocenters. The molecular weight excluding hydrogens is 586 g/mol. The van der Waals surface area contributed by atoms with E-state index in [1.807, 2.05) is 57.2 Å². The van der Waals surface area contributed by atoms with Crippen LogP contribution < -0.4 is 25.4 Å². The van der Waals surface area contributed by atoms with Crippen molar-refractivity contribution in [2.24, 2.45) is 0 Å². The van der Waals surface area contributed by atoms with Gasteiger partial charge in [-0.1, -0.05) is 43.3 Å². The van der Waals surface area contributed by atoms with Gasteiger partial charge >= 0.3 is 0 Å². The van der Waals surface area contributed by atoms with Crippen molar-refractivity contribution in [3.8, 4) is 11.5 Å². The zero-order chi connectivity index (χ0) is 32.3. The summed E-state index contributed by atoms with van der Waals surface area (Å²) in [4.78, 5) is 40.8. The van der Waals surface area contributed by atoms with Crippen molar-refractivity contribution >= 4 is 46.9 Å². The molecule has 232 valence electrons. The van der Waals surface area contributed by atoms with Gasteiger partial charge in [-0.2, -0.15) is 0 Å². The van der Waals surface area contributed by atoms with E-state index in [9.17, 15) is 14.4 Å². The monoisotopic (exact) mass is 623 g/mol. The van der Waals surface area contributed by atoms with E-state index in [-0.39, 0.29) is 16.9 Å². The Morgan fingerprint density at radius 2 is 1.62 bits per heavy atom. The topological polar surface area (TPSA) is 106 Å². The molecule has 4 aromatic rings. The van der Waals surface area contributed by atoms with Gasteiger partial charge in [0.25, 0.3) is 11.8 Å². The number of ether oxygens (including phenoxy) is 2. The molecule has 9 heteroatoms. The molecule has 3 N–H and O–H groups in total. The third kappa shape index (κ3) is 9.00. The molecule has 0 saturated heterocycles. The zero-order valence-corrected chi connectivity index (χ0v) is 26.8. The molecule has 0 fully saturated rings. The Hall–Kier alpha value is -5.02. The normalized spacial score (nSPS) is 11.7. The maximum absolute atomic E-state index is 13.7. The van der Waals surface area contributed by atoms with Crippen molar-refractivity contribution in [3.05, 3.63) is 119 Å². The van der Waals surface area contributed by atoms with Gasteiger partial charge in [0.15, 0.2) is 0 Å². The number of rotatable bonds is 12. The molecule has 0 saturated carbocycles. The lowest BCUT2D eigenvalue weighted by Gasteiger charge is -2.17. The molecule has 3 amide bonds. The molecule has 4 aromatic carbocycles. The van der Waals surface area contributed by atoms with Crippen LogP contribution in [-0.4, -0.2) is 37.2 Å². The highest BCUT2D eigenvalue weighted by Gasteiger charge is 2.20. The van der Waals surface area contributed by atoms with Crippen LogP contribution in [0.5, 0.6) is 11.5 Å². The minimum Gasteiger partial charge on any atom is -0.497 e. The van der Waals surface area contributed by atoms with E-state index in [1.54, 1.807) is 67.8 Å². The SMILES string of the molecule is CCC(Sc1cccc(NC(=O)/C(=C\c2cc(OC)ccc2OC)NC(=O)c2ccccc2)c1)C(=O)Nc1cc(C)ccc1C. The van der Waals surface area contributed by atoms with Crippen LogP contribution in [0.3, 0.4) is 0 Å². The average molecular weight is 624 g/mol. The second-order valence-corrected chi connectivity index (χ2v) is 11.6. The van der Waals surface area contributed by atoms with Gasteiger partial charge in [-0.15, -0.1) is 11.8 Å². The van der Waals surface area contributed by atoms with Crippen molar-refractivity contribution in [1.29, 1.82) is 0 Å². The summed E-state index contributed by atoms with van der Waals surface area (Å²) in [5.74, 6) is -0.00672. The van der Waals surface area contributed by atoms with Gasteiger partial charge in [0.1, 0.15) is 17.2 Å². The molecule has 1 unspecified atom stereocenters. The highest BCUT2D eigenvalue weighted by Crippen LogP contribution is 2.30. The van der Waals surface area contributed by atoms with Gasteiger partial charge in [-0.3, -0.25) is 14.4 Å². The van der Waals surface area contributed by atoms with E-state index >= 15 is 0 Å². The second-order valence-electron chi connectivity index (χ2n) is 10.3. The smallest absolute Gasteiger partial charge is 0.272 e. The number of hydrogen-bond donors (Lipinski definition) is 3. The fraction of sp³-hybridized carbons (Fsp3) is 0.194. The molecule has 0 aliphatic rings. The summed E-state index contributed by atoms with van der Waals surface area (Å²) in [7, 11) is 3.07. The molecular formula is C36H37N3O5S. The summed E-state index contributed by atoms with van der Waals surface area (Å²) in [6.07, 6.45) is 2.15. The van der Waals surface area contributed by atoms with Crippen LogP contribution in [0.1, 0.15) is 40.4 Å². The number of carbonyl (C=O) groups excluding carboxylic acids is 3. The van der Waals surface area contributed by atoms with E-state index < -0.39 is 11.8 Å². The van der Waals surface area contributed by atoms with Gasteiger partial charge < -0.3 is 25.4 Å². The summed E-state index contributed by atoms with van der Waals surface area (Å²) in [6.45, 7) is 5.91. The van der Waals surface area contributed by atoms with Crippen molar-refractivity contribution in [2.45, 2.75) is 37.3 Å². The summed E-state index contributed by atoms with van der Waals surface area (Å²) in [5.41, 5.74) is 4.31. The number of benzene rings is 4. The molecule has 0 bridgehead atoms. The number of carbonyl (C=O) groups is 3. The summed E-state index contributed by atoms with van der Waals surface area (Å²) in [5, 5.41) is 8.35. The maximum Gasteiger partial charge on any atom is 0.272 e. The lowest BCUT2D eigenvalue weighted by molar-refractivity contribution is -0.116. The van der Waals surface area contributed by atoms with Crippen molar-refractivity contribution in [1.82, 2.24) is 5.32 Å². The first-order chi connectivity index (χ1) is 21.7. The molecule has 4 rings (SSSR count). The van der Waals surface area contributed by atoms with Crippen LogP contribution >= 0.6 is 11.8 Å². The highest BCUT2D eigenvalue weighted by atomic mass is 32.2. The standard InChI is InChI=1S/C36H37N3O5S/c1-6-33(36(42)38-30-19-23(2)15-16-24(30)3)45-29-14-10-13-27(22-29)37-35(41)31(39-34(40)25-11-8-7-9-12-25)21-26-20-28(43-4)17-18-32(26)44-5/h7-22,33H,6H2,1-5H3,(H,37,41)(H,38,42)(H,39,40)/b31-21+. The van der Waals surface area contributed by atoms with Crippen molar-refractivity contribution < 1.29 is 23.9 Å². The Balaban J connectivity index is 1.56. The molecule has 8 nitrogen and oxygen atoms in total. The van der Waals surface area contributed by atoms with Gasteiger partial charge in [-0.25, -0.2) is 0 Å². The van der Waals surface area contributed by atoms with E-state index in [4.69, 9.17) is 9.47 Å². The first-order valence-electron chi connectivity index (χ1n) is 14.5. The van der Waals surface area contributed by atoms with Crippen LogP contribution in [0.4, 0.5) is 11.4 Å². The lowest BCUT2D eigenvalue weighted by Crippen LogP contribution is -2.30. The highest BCUT2D eigenvalue weighted by molar-refractivity contribution is 8.00. The first-order valence-corrected chi connectivity index (χ1v) is 15.3. The Morgan fingerprint density at radius 1 is 0.844 bits per heavy atom. The Bertz CT molecular complexity index is 1700. The van der Waals surface area contributed by atoms with Crippen LogP contribution in [-0.2, 0) is 9.59 Å². The Morgan fingerprint density at radius 3 is 2.33 bits per heavy atom. The zero-order valence-electron chi connectivity index (χ0n) is 26.0. The Kier molecular flexibility index (Phi) is 11.4. The van der Waals surface area contributed by atoms with Crippen LogP contribution in [0.15, 0.2) is 102 Å². The third-order valence-electron chi connectivity index (χ3n) is 6.95. The van der Waals surface area contributed by atoms with Crippen molar-refractivity contribution in [2.75, 3.05) is 24.9 Å². The minimum absolute atomic E-state index is 0.00722. The molecule has 0 aliphatic heterocycles. The number of hydrogen-bond acceptors (Lipinski definition) is 6. The number of methoxy groups -OCH3 is 2. The number of anilines is 2. The van der Waals surface area contributed by atoms with Crippen LogP contribution in [0.2, 0.25) is 0 Å². The van der Waals surface area contributed by atoms with Gasteiger partial charge in [-0.05, 0) is 92.1 Å². The summed E-state index contributed by atoms with van der Waals surface area (Å²) >= 11 is 1.42. The fourth-order valence-electron chi connectivity index (χ4n) is 4.47. The predicted octanol–water partition coefficient (Wildman–Crippen LogP) is 7.24. The number of thioether (sulfide) groups is 1. The van der Waals surface area contributed by atoms with E-state index in [1.165, 1.54) is 18.9 Å². The van der Waals surface area contributed by atoms with E-state index in [0.717, 1.165) is 21.7 Å². The maximum atomic E-state index is 13.7. The van der Waals surface area contributed by atoms with Gasteiger partial charge in [0, 0.05) is 27.4 Å². The largest absolute Gasteiger partial charge is 0.497 e. The molecule has 0 spiro atoms. The number of nitrogens with one attached hydrogen (secondary N) is 3. The summed E-state index contributed by atoms with van der Waals surface area (Å²) < 4.78 is 10.8. The van der Waals surface area contributed by atoms with Crippen LogP contribution in [0, 0.1) is 13.8 Å². The minimum atomic E-state index is -0.536. The van der Waals surface area contributed by atoms with Gasteiger partial charge in [0.05, 0.1) is 19.5 Å². The number of aryl methyl sites for hydroxylation is 2. The molecule has 0 aromatic heterocycles. The lowest BCUT2D eigenvalue weighted by atomic mass is 10.1. The fourth-order valence-corrected chi connectivity index (χ4v) is 5.48. The molecule has 0 aliphatic carbocycles. The molecule has 0 heterocycles. The number of amides is 3. The average Bonchev–Trinajstić information content (AvgIpc) is 3.05. The van der Waals surface area contributed by atoms with E-state index in [2.05, 4.69) is 16.0 Å². The Labute approximate surface area is 268 Å². The predicted molar refractivity (Wildman–Crippen MR) is 181 cm³/mol. The van der Waals surface area contributed by atoms with E-state index in [0.29, 0.717) is 34.7 Å². The second kappa shape index (κ2) is 15.6. The van der Waals surface area contributed by atoms with Gasteiger partial charge in [0.2, 0.25) is 5.91 Å². The first kappa shape index (κ1) is 32.9. The third-order valence-corrected chi connectivity index (χ3v) is 8.31. The molecule has 45 heavy (non-hydrogen) atoms. The van der Waals surface area contributed by atoms with Crippen LogP contribution in [0.25, 0.3) is 6.08 Å².